The molecule has 1 atom stereocenters. The zero-order chi connectivity index (χ0) is 15.5. The largest absolute Gasteiger partial charge is 0.278 e. The summed E-state index contributed by atoms with van der Waals surface area (Å²) in [6.45, 7) is 0.357. The lowest BCUT2D eigenvalue weighted by molar-refractivity contribution is -0.140. The molecule has 2 aromatic rings. The second kappa shape index (κ2) is 6.32. The smallest absolute Gasteiger partial charge is 0.233 e. The van der Waals surface area contributed by atoms with Gasteiger partial charge in [-0.2, -0.15) is 0 Å². The lowest BCUT2D eigenvalue weighted by atomic mass is 9.98. The first kappa shape index (κ1) is 14.8. The third kappa shape index (κ3) is 3.20. The first-order valence-corrected chi connectivity index (χ1v) is 7.64. The number of hydrogen-bond acceptors (Lipinski definition) is 2. The van der Waals surface area contributed by atoms with Crippen LogP contribution in [0.2, 0.25) is 5.02 Å². The molecule has 1 aliphatic heterocycles. The Kier molecular flexibility index (Phi) is 4.25. The van der Waals surface area contributed by atoms with Gasteiger partial charge in [-0.25, -0.2) is 0 Å². The number of benzene rings is 2. The molecular weight excluding hydrogens is 298 g/mol. The molecule has 1 aliphatic rings. The molecule has 2 amide bonds. The van der Waals surface area contributed by atoms with Crippen molar-refractivity contribution in [1.82, 2.24) is 4.90 Å². The van der Waals surface area contributed by atoms with Crippen LogP contribution in [0.15, 0.2) is 54.6 Å². The molecule has 0 aromatic heterocycles. The van der Waals surface area contributed by atoms with Crippen molar-refractivity contribution in [1.29, 1.82) is 0 Å². The zero-order valence-electron chi connectivity index (χ0n) is 12.0. The van der Waals surface area contributed by atoms with E-state index in [1.54, 1.807) is 12.1 Å². The van der Waals surface area contributed by atoms with E-state index >= 15 is 0 Å². The third-order valence-corrected chi connectivity index (χ3v) is 4.17. The van der Waals surface area contributed by atoms with Gasteiger partial charge in [0.05, 0.1) is 12.5 Å². The van der Waals surface area contributed by atoms with Gasteiger partial charge >= 0.3 is 0 Å². The van der Waals surface area contributed by atoms with Gasteiger partial charge in [-0.05, 0) is 29.7 Å². The van der Waals surface area contributed by atoms with Crippen molar-refractivity contribution >= 4 is 23.4 Å². The number of halogens is 1. The molecular formula is C18H16ClNO2. The van der Waals surface area contributed by atoms with Crippen LogP contribution >= 0.6 is 11.6 Å². The predicted molar refractivity (Wildman–Crippen MR) is 85.3 cm³/mol. The second-order valence-corrected chi connectivity index (χ2v) is 5.97. The van der Waals surface area contributed by atoms with Crippen LogP contribution in [0.25, 0.3) is 0 Å². The fourth-order valence-corrected chi connectivity index (χ4v) is 2.87. The molecule has 3 rings (SSSR count). The SMILES string of the molecule is O=C1C[C@@H](Cc2ccc(Cl)cc2)C(=O)N1Cc1ccccc1. The fraction of sp³-hybridized carbons (Fsp3) is 0.222. The average molecular weight is 314 g/mol. The summed E-state index contributed by atoms with van der Waals surface area (Å²) in [5.74, 6) is -0.436. The Bertz CT molecular complexity index is 682. The Labute approximate surface area is 134 Å². The Morgan fingerprint density at radius 2 is 1.64 bits per heavy atom. The molecule has 0 spiro atoms. The van der Waals surface area contributed by atoms with Crippen LogP contribution < -0.4 is 0 Å². The Morgan fingerprint density at radius 1 is 0.955 bits per heavy atom. The first-order valence-electron chi connectivity index (χ1n) is 7.26. The summed E-state index contributed by atoms with van der Waals surface area (Å²) in [7, 11) is 0. The van der Waals surface area contributed by atoms with Crippen LogP contribution in [0.4, 0.5) is 0 Å². The van der Waals surface area contributed by atoms with Crippen LogP contribution in [-0.2, 0) is 22.6 Å². The average Bonchev–Trinajstić information content (AvgIpc) is 2.78. The van der Waals surface area contributed by atoms with E-state index in [4.69, 9.17) is 11.6 Å². The number of hydrogen-bond donors (Lipinski definition) is 0. The van der Waals surface area contributed by atoms with Gasteiger partial charge in [0.15, 0.2) is 0 Å². The van der Waals surface area contributed by atoms with Gasteiger partial charge in [0.1, 0.15) is 0 Å². The normalized spacial score (nSPS) is 18.0. The van der Waals surface area contributed by atoms with E-state index in [0.717, 1.165) is 11.1 Å². The van der Waals surface area contributed by atoms with Crippen LogP contribution in [0.3, 0.4) is 0 Å². The Balaban J connectivity index is 1.70. The molecule has 4 heteroatoms. The number of rotatable bonds is 4. The second-order valence-electron chi connectivity index (χ2n) is 5.54. The highest BCUT2D eigenvalue weighted by Gasteiger charge is 2.38. The van der Waals surface area contributed by atoms with E-state index in [-0.39, 0.29) is 24.2 Å². The topological polar surface area (TPSA) is 37.4 Å². The summed E-state index contributed by atoms with van der Waals surface area (Å²) in [4.78, 5) is 26.0. The number of likely N-dealkylation sites (tertiary alicyclic amines) is 1. The highest BCUT2D eigenvalue weighted by Crippen LogP contribution is 2.25. The maximum absolute atomic E-state index is 12.5. The molecule has 0 aliphatic carbocycles. The summed E-state index contributed by atoms with van der Waals surface area (Å²) < 4.78 is 0. The third-order valence-electron chi connectivity index (χ3n) is 3.92. The fourth-order valence-electron chi connectivity index (χ4n) is 2.75. The number of carbonyl (C=O) groups is 2. The molecule has 0 unspecified atom stereocenters. The first-order chi connectivity index (χ1) is 10.6. The van der Waals surface area contributed by atoms with Crippen molar-refractivity contribution in [3.8, 4) is 0 Å². The van der Waals surface area contributed by atoms with Crippen LogP contribution in [0.5, 0.6) is 0 Å². The lowest BCUT2D eigenvalue weighted by Gasteiger charge is -2.15. The molecule has 0 saturated carbocycles. The summed E-state index contributed by atoms with van der Waals surface area (Å²) in [5, 5.41) is 0.670. The van der Waals surface area contributed by atoms with Crippen molar-refractivity contribution in [2.75, 3.05) is 0 Å². The molecule has 1 heterocycles. The maximum atomic E-state index is 12.5. The minimum Gasteiger partial charge on any atom is -0.278 e. The molecule has 0 radical (unpaired) electrons. The molecule has 0 N–H and O–H groups in total. The Morgan fingerprint density at radius 3 is 2.32 bits per heavy atom. The standard InChI is InChI=1S/C18H16ClNO2/c19-16-8-6-13(7-9-16)10-15-11-17(21)20(18(15)22)12-14-4-2-1-3-5-14/h1-9,15H,10-12H2/t15-/m1/s1. The molecule has 2 aromatic carbocycles. The number of imide groups is 1. The van der Waals surface area contributed by atoms with Crippen molar-refractivity contribution < 1.29 is 9.59 Å². The van der Waals surface area contributed by atoms with Crippen molar-refractivity contribution in [2.45, 2.75) is 19.4 Å². The van der Waals surface area contributed by atoms with E-state index in [1.807, 2.05) is 42.5 Å². The zero-order valence-corrected chi connectivity index (χ0v) is 12.8. The van der Waals surface area contributed by atoms with E-state index in [1.165, 1.54) is 4.90 Å². The molecule has 112 valence electrons. The number of nitrogens with zero attached hydrogens (tertiary/aromatic N) is 1. The van der Waals surface area contributed by atoms with Crippen LogP contribution in [-0.4, -0.2) is 16.7 Å². The molecule has 1 saturated heterocycles. The van der Waals surface area contributed by atoms with E-state index in [9.17, 15) is 9.59 Å². The van der Waals surface area contributed by atoms with Crippen molar-refractivity contribution in [2.24, 2.45) is 5.92 Å². The quantitative estimate of drug-likeness (QED) is 0.811. The number of amides is 2. The summed E-state index contributed by atoms with van der Waals surface area (Å²) >= 11 is 5.86. The molecule has 0 bridgehead atoms. The van der Waals surface area contributed by atoms with Gasteiger partial charge in [-0.15, -0.1) is 0 Å². The van der Waals surface area contributed by atoms with Gasteiger partial charge in [0.25, 0.3) is 0 Å². The lowest BCUT2D eigenvalue weighted by Crippen LogP contribution is -2.30. The van der Waals surface area contributed by atoms with E-state index < -0.39 is 0 Å². The van der Waals surface area contributed by atoms with Crippen molar-refractivity contribution in [3.63, 3.8) is 0 Å². The minimum atomic E-state index is -0.266. The highest BCUT2D eigenvalue weighted by atomic mass is 35.5. The van der Waals surface area contributed by atoms with Gasteiger partial charge in [-0.3, -0.25) is 14.5 Å². The summed E-state index contributed by atoms with van der Waals surface area (Å²) in [6.07, 6.45) is 0.862. The van der Waals surface area contributed by atoms with Gasteiger partial charge in [0, 0.05) is 11.4 Å². The summed E-state index contributed by atoms with van der Waals surface area (Å²) in [6, 6.07) is 17.0. The number of carbonyl (C=O) groups excluding carboxylic acids is 2. The van der Waals surface area contributed by atoms with Crippen molar-refractivity contribution in [3.05, 3.63) is 70.7 Å². The van der Waals surface area contributed by atoms with E-state index in [0.29, 0.717) is 18.0 Å². The predicted octanol–water partition coefficient (Wildman–Crippen LogP) is 3.46. The maximum Gasteiger partial charge on any atom is 0.233 e. The summed E-state index contributed by atoms with van der Waals surface area (Å²) in [5.41, 5.74) is 1.99. The minimum absolute atomic E-state index is 0.0798. The van der Waals surface area contributed by atoms with Gasteiger partial charge < -0.3 is 0 Å². The highest BCUT2D eigenvalue weighted by molar-refractivity contribution is 6.30. The monoisotopic (exact) mass is 313 g/mol. The Hall–Kier alpha value is -2.13. The van der Waals surface area contributed by atoms with Crippen LogP contribution in [0, 0.1) is 5.92 Å². The molecule has 1 fully saturated rings. The van der Waals surface area contributed by atoms with Gasteiger partial charge in [0.2, 0.25) is 11.8 Å². The van der Waals surface area contributed by atoms with Gasteiger partial charge in [-0.1, -0.05) is 54.1 Å². The van der Waals surface area contributed by atoms with E-state index in [2.05, 4.69) is 0 Å². The molecule has 22 heavy (non-hydrogen) atoms. The molecule has 3 nitrogen and oxygen atoms in total. The van der Waals surface area contributed by atoms with Crippen LogP contribution in [0.1, 0.15) is 17.5 Å².